The Morgan fingerprint density at radius 1 is 0.868 bits per heavy atom. The van der Waals surface area contributed by atoms with E-state index < -0.39 is 23.3 Å². The number of esters is 1. The standard InChI is InChI=1S/C29H24N2O7/c32-26(21-7-4-8-23(15-21)31(36)37)17-38-29(35)19-9-12-22(13-10-19)30-27(33)24-14-11-20(16-25(24)28(30)34)18-5-2-1-3-6-18/h1-10,12-13,15,20,24-25H,11,14,16-17H2/t20-,24-,25-/m1/s1. The molecule has 0 unspecified atom stereocenters. The molecule has 2 aliphatic rings. The van der Waals surface area contributed by atoms with E-state index in [1.807, 2.05) is 18.2 Å². The maximum absolute atomic E-state index is 13.3. The van der Waals surface area contributed by atoms with Crippen LogP contribution >= 0.6 is 0 Å². The van der Waals surface area contributed by atoms with Crippen LogP contribution in [0.4, 0.5) is 11.4 Å². The van der Waals surface area contributed by atoms with E-state index >= 15 is 0 Å². The molecule has 0 N–H and O–H groups in total. The van der Waals surface area contributed by atoms with Crippen molar-refractivity contribution in [2.45, 2.75) is 25.2 Å². The van der Waals surface area contributed by atoms with Crippen molar-refractivity contribution in [3.05, 3.63) is 106 Å². The Labute approximate surface area is 218 Å². The molecule has 2 fully saturated rings. The third-order valence-electron chi connectivity index (χ3n) is 7.27. The van der Waals surface area contributed by atoms with E-state index in [9.17, 15) is 29.3 Å². The van der Waals surface area contributed by atoms with Crippen LogP contribution in [0.25, 0.3) is 0 Å². The minimum atomic E-state index is -0.770. The number of amides is 2. The Hall–Kier alpha value is -4.66. The summed E-state index contributed by atoms with van der Waals surface area (Å²) in [5.41, 5.74) is 1.52. The summed E-state index contributed by atoms with van der Waals surface area (Å²) in [5, 5.41) is 10.9. The van der Waals surface area contributed by atoms with E-state index in [1.54, 1.807) is 0 Å². The second-order valence-electron chi connectivity index (χ2n) is 9.50. The zero-order valence-corrected chi connectivity index (χ0v) is 20.3. The maximum Gasteiger partial charge on any atom is 0.338 e. The fraction of sp³-hybridized carbons (Fsp3) is 0.241. The average molecular weight is 513 g/mol. The summed E-state index contributed by atoms with van der Waals surface area (Å²) < 4.78 is 5.08. The van der Waals surface area contributed by atoms with Gasteiger partial charge in [0.25, 0.3) is 5.69 Å². The van der Waals surface area contributed by atoms with E-state index in [1.165, 1.54) is 52.9 Å². The van der Waals surface area contributed by atoms with E-state index in [0.29, 0.717) is 18.5 Å². The molecule has 5 rings (SSSR count). The molecule has 2 amide bonds. The second-order valence-corrected chi connectivity index (χ2v) is 9.50. The molecule has 0 spiro atoms. The summed E-state index contributed by atoms with van der Waals surface area (Å²) in [6.45, 7) is -0.587. The van der Waals surface area contributed by atoms with Crippen molar-refractivity contribution in [1.29, 1.82) is 0 Å². The molecule has 1 heterocycles. The number of ketones is 1. The molecule has 0 aromatic heterocycles. The van der Waals surface area contributed by atoms with Gasteiger partial charge in [0.2, 0.25) is 17.6 Å². The number of imide groups is 1. The van der Waals surface area contributed by atoms with Gasteiger partial charge in [-0.1, -0.05) is 42.5 Å². The number of Topliss-reactive ketones (excluding diaryl/α,β-unsaturated/α-hetero) is 1. The van der Waals surface area contributed by atoms with Gasteiger partial charge in [-0.05, 0) is 55.0 Å². The number of carbonyl (C=O) groups excluding carboxylic acids is 4. The van der Waals surface area contributed by atoms with Gasteiger partial charge in [0, 0.05) is 17.7 Å². The Bertz CT molecular complexity index is 1420. The number of benzene rings is 3. The van der Waals surface area contributed by atoms with Crippen LogP contribution in [-0.2, 0) is 14.3 Å². The van der Waals surface area contributed by atoms with E-state index in [-0.39, 0.29) is 46.4 Å². The maximum atomic E-state index is 13.3. The summed E-state index contributed by atoms with van der Waals surface area (Å²) in [7, 11) is 0. The van der Waals surface area contributed by atoms with Crippen LogP contribution in [0.3, 0.4) is 0 Å². The largest absolute Gasteiger partial charge is 0.454 e. The monoisotopic (exact) mass is 512 g/mol. The fourth-order valence-electron chi connectivity index (χ4n) is 5.30. The molecule has 1 aliphatic heterocycles. The Balaban J connectivity index is 1.23. The van der Waals surface area contributed by atoms with Crippen molar-refractivity contribution in [3.63, 3.8) is 0 Å². The first-order chi connectivity index (χ1) is 18.3. The zero-order valence-electron chi connectivity index (χ0n) is 20.3. The first-order valence-electron chi connectivity index (χ1n) is 12.3. The molecule has 9 heteroatoms. The number of rotatable bonds is 7. The van der Waals surface area contributed by atoms with Gasteiger partial charge >= 0.3 is 5.97 Å². The van der Waals surface area contributed by atoms with Gasteiger partial charge < -0.3 is 4.74 Å². The van der Waals surface area contributed by atoms with Crippen LogP contribution in [-0.4, -0.2) is 35.1 Å². The number of hydrogen-bond acceptors (Lipinski definition) is 7. The van der Waals surface area contributed by atoms with Crippen LogP contribution in [0.2, 0.25) is 0 Å². The lowest BCUT2D eigenvalue weighted by Crippen LogP contribution is -2.30. The summed E-state index contributed by atoms with van der Waals surface area (Å²) >= 11 is 0. The second kappa shape index (κ2) is 10.4. The zero-order chi connectivity index (χ0) is 26.8. The van der Waals surface area contributed by atoms with Crippen LogP contribution in [0.1, 0.15) is 51.5 Å². The average Bonchev–Trinajstić information content (AvgIpc) is 3.20. The lowest BCUT2D eigenvalue weighted by molar-refractivity contribution is -0.384. The third-order valence-corrected chi connectivity index (χ3v) is 7.27. The van der Waals surface area contributed by atoms with Crippen LogP contribution in [0.15, 0.2) is 78.9 Å². The first-order valence-corrected chi connectivity index (χ1v) is 12.3. The Kier molecular flexibility index (Phi) is 6.83. The molecule has 38 heavy (non-hydrogen) atoms. The highest BCUT2D eigenvalue weighted by Gasteiger charge is 2.50. The molecule has 3 atom stereocenters. The molecular formula is C29H24N2O7. The Morgan fingerprint density at radius 3 is 2.29 bits per heavy atom. The highest BCUT2D eigenvalue weighted by molar-refractivity contribution is 6.22. The normalized spacial score (nSPS) is 20.6. The smallest absolute Gasteiger partial charge is 0.338 e. The van der Waals surface area contributed by atoms with Gasteiger partial charge in [-0.3, -0.25) is 29.4 Å². The number of ether oxygens (including phenoxy) is 1. The molecule has 9 nitrogen and oxygen atoms in total. The van der Waals surface area contributed by atoms with Crippen LogP contribution in [0.5, 0.6) is 0 Å². The fourth-order valence-corrected chi connectivity index (χ4v) is 5.30. The highest BCUT2D eigenvalue weighted by Crippen LogP contribution is 2.45. The number of non-ortho nitro benzene ring substituents is 1. The van der Waals surface area contributed by atoms with E-state index in [2.05, 4.69) is 12.1 Å². The molecule has 1 saturated heterocycles. The number of fused-ring (bicyclic) bond motifs is 1. The van der Waals surface area contributed by atoms with Gasteiger partial charge in [-0.15, -0.1) is 0 Å². The minimum absolute atomic E-state index is 0.0596. The summed E-state index contributed by atoms with van der Waals surface area (Å²) in [6, 6.07) is 21.1. The molecule has 1 saturated carbocycles. The number of nitro benzene ring substituents is 1. The number of nitrogens with zero attached hydrogens (tertiary/aromatic N) is 2. The predicted molar refractivity (Wildman–Crippen MR) is 137 cm³/mol. The van der Waals surface area contributed by atoms with Crippen molar-refractivity contribution in [1.82, 2.24) is 0 Å². The summed E-state index contributed by atoms with van der Waals surface area (Å²) in [4.78, 5) is 62.7. The third kappa shape index (κ3) is 4.82. The quantitative estimate of drug-likeness (QED) is 0.148. The number of anilines is 1. The molecule has 1 aliphatic carbocycles. The topological polar surface area (TPSA) is 124 Å². The van der Waals surface area contributed by atoms with Gasteiger partial charge in [0.15, 0.2) is 6.61 Å². The van der Waals surface area contributed by atoms with Crippen molar-refractivity contribution < 1.29 is 28.8 Å². The highest BCUT2D eigenvalue weighted by atomic mass is 16.6. The first kappa shape index (κ1) is 25.0. The molecule has 0 bridgehead atoms. The number of carbonyl (C=O) groups is 4. The predicted octanol–water partition coefficient (Wildman–Crippen LogP) is 4.71. The van der Waals surface area contributed by atoms with Gasteiger partial charge in [0.1, 0.15) is 0 Å². The number of nitro groups is 1. The molecule has 3 aromatic rings. The van der Waals surface area contributed by atoms with E-state index in [4.69, 9.17) is 4.74 Å². The van der Waals surface area contributed by atoms with Crippen LogP contribution in [0, 0.1) is 22.0 Å². The minimum Gasteiger partial charge on any atom is -0.454 e. The van der Waals surface area contributed by atoms with Gasteiger partial charge in [0.05, 0.1) is 28.0 Å². The Morgan fingerprint density at radius 2 is 1.58 bits per heavy atom. The van der Waals surface area contributed by atoms with Crippen molar-refractivity contribution in [2.24, 2.45) is 11.8 Å². The van der Waals surface area contributed by atoms with Gasteiger partial charge in [-0.25, -0.2) is 4.79 Å². The molecule has 192 valence electrons. The molecule has 0 radical (unpaired) electrons. The lowest BCUT2D eigenvalue weighted by atomic mass is 9.73. The van der Waals surface area contributed by atoms with Crippen molar-refractivity contribution in [2.75, 3.05) is 11.5 Å². The summed E-state index contributed by atoms with van der Waals surface area (Å²) in [5.74, 6) is -2.27. The lowest BCUT2D eigenvalue weighted by Gasteiger charge is -2.28. The van der Waals surface area contributed by atoms with Gasteiger partial charge in [-0.2, -0.15) is 0 Å². The van der Waals surface area contributed by atoms with Crippen molar-refractivity contribution >= 4 is 34.9 Å². The molecular weight excluding hydrogens is 488 g/mol. The van der Waals surface area contributed by atoms with Crippen molar-refractivity contribution in [3.8, 4) is 0 Å². The molecule has 3 aromatic carbocycles. The SMILES string of the molecule is O=C(COC(=O)c1ccc(N2C(=O)[C@@H]3CC[C@@H](c4ccccc4)C[C@H]3C2=O)cc1)c1cccc([N+](=O)[O-])c1. The summed E-state index contributed by atoms with van der Waals surface area (Å²) in [6.07, 6.45) is 2.12. The number of hydrogen-bond donors (Lipinski definition) is 0. The van der Waals surface area contributed by atoms with Crippen LogP contribution < -0.4 is 4.90 Å². The van der Waals surface area contributed by atoms with E-state index in [0.717, 1.165) is 12.5 Å².